The zero-order valence-electron chi connectivity index (χ0n) is 22.1. The molecule has 2 aliphatic rings. The summed E-state index contributed by atoms with van der Waals surface area (Å²) >= 11 is -1.94. The van der Waals surface area contributed by atoms with Gasteiger partial charge in [-0.2, -0.15) is 0 Å². The van der Waals surface area contributed by atoms with E-state index in [1.54, 1.807) is 22.3 Å². The van der Waals surface area contributed by atoms with Crippen molar-refractivity contribution in [2.75, 3.05) is 0 Å². The fourth-order valence-electron chi connectivity index (χ4n) is 5.55. The summed E-state index contributed by atoms with van der Waals surface area (Å²) in [7, 11) is 0. The molecule has 4 rings (SSSR count). The molecule has 0 amide bonds. The summed E-state index contributed by atoms with van der Waals surface area (Å²) in [5, 5.41) is 0. The van der Waals surface area contributed by atoms with Gasteiger partial charge in [0.1, 0.15) is 0 Å². The van der Waals surface area contributed by atoms with Gasteiger partial charge in [-0.15, -0.1) is 0 Å². The van der Waals surface area contributed by atoms with Crippen LogP contribution in [0.3, 0.4) is 0 Å². The van der Waals surface area contributed by atoms with Crippen molar-refractivity contribution in [2.45, 2.75) is 70.6 Å². The minimum Gasteiger partial charge on any atom is -1.00 e. The van der Waals surface area contributed by atoms with E-state index in [2.05, 4.69) is 116 Å². The number of benzene rings is 2. The minimum absolute atomic E-state index is 0. The van der Waals surface area contributed by atoms with Crippen LogP contribution < -0.4 is 24.8 Å². The van der Waals surface area contributed by atoms with Gasteiger partial charge in [-0.1, -0.05) is 0 Å². The van der Waals surface area contributed by atoms with E-state index < -0.39 is 20.4 Å². The Morgan fingerprint density at radius 1 is 0.853 bits per heavy atom. The van der Waals surface area contributed by atoms with Gasteiger partial charge in [-0.25, -0.2) is 0 Å². The van der Waals surface area contributed by atoms with Crippen LogP contribution in [0.15, 0.2) is 74.6 Å². The molecule has 34 heavy (non-hydrogen) atoms. The van der Waals surface area contributed by atoms with Gasteiger partial charge in [-0.05, 0) is 0 Å². The first-order valence-corrected chi connectivity index (χ1v) is 20.8. The summed E-state index contributed by atoms with van der Waals surface area (Å²) in [4.78, 5) is 0. The van der Waals surface area contributed by atoms with E-state index in [0.717, 1.165) is 0 Å². The number of rotatable bonds is 3. The number of fused-ring (bicyclic) bond motifs is 1. The second-order valence-corrected chi connectivity index (χ2v) is 28.4. The molecule has 2 atom stereocenters. The van der Waals surface area contributed by atoms with Crippen LogP contribution in [0.25, 0.3) is 5.57 Å². The third-order valence-corrected chi connectivity index (χ3v) is 26.3. The zero-order valence-corrected chi connectivity index (χ0v) is 27.1. The molecule has 0 N–H and O–H groups in total. The minimum atomic E-state index is -1.94. The Bertz CT molecular complexity index is 1220. The Morgan fingerprint density at radius 2 is 1.50 bits per heavy atom. The van der Waals surface area contributed by atoms with E-state index in [9.17, 15) is 0 Å². The molecule has 2 aromatic carbocycles. The van der Waals surface area contributed by atoms with Gasteiger partial charge in [0, 0.05) is 0 Å². The second kappa shape index (κ2) is 11.2. The fourth-order valence-corrected chi connectivity index (χ4v) is 25.2. The molecule has 0 heterocycles. The average Bonchev–Trinajstić information content (AvgIpc) is 3.21. The van der Waals surface area contributed by atoms with Crippen LogP contribution >= 0.6 is 0 Å². The van der Waals surface area contributed by atoms with Crippen molar-refractivity contribution < 1.29 is 45.2 Å². The molecule has 180 valence electrons. The normalized spacial score (nSPS) is 19.1. The molecule has 0 saturated heterocycles. The maximum atomic E-state index is 2.70. The molecule has 0 nitrogen and oxygen atoms in total. The van der Waals surface area contributed by atoms with E-state index in [1.807, 2.05) is 3.28 Å². The quantitative estimate of drug-likeness (QED) is 0.484. The van der Waals surface area contributed by atoms with Crippen molar-refractivity contribution in [1.82, 2.24) is 0 Å². The van der Waals surface area contributed by atoms with Crippen LogP contribution in [-0.4, -0.2) is 5.43 Å². The molecular weight excluding hydrogens is 551 g/mol. The third kappa shape index (κ3) is 5.22. The number of hydrogen-bond donors (Lipinski definition) is 0. The maximum absolute atomic E-state index is 2.70. The Labute approximate surface area is 228 Å². The molecule has 0 radical (unpaired) electrons. The van der Waals surface area contributed by atoms with Crippen molar-refractivity contribution in [2.24, 2.45) is 5.92 Å². The van der Waals surface area contributed by atoms with E-state index >= 15 is 0 Å². The van der Waals surface area contributed by atoms with Gasteiger partial charge in [-0.3, -0.25) is 0 Å². The molecule has 2 aromatic rings. The molecule has 2 aliphatic carbocycles. The first-order chi connectivity index (χ1) is 15.0. The smallest absolute Gasteiger partial charge is 1.00 e. The summed E-state index contributed by atoms with van der Waals surface area (Å²) in [6, 6.07) is 18.6. The van der Waals surface area contributed by atoms with Gasteiger partial charge < -0.3 is 24.8 Å². The second-order valence-electron chi connectivity index (χ2n) is 11.0. The zero-order chi connectivity index (χ0) is 23.4. The van der Waals surface area contributed by atoms with Crippen LogP contribution in [-0.2, 0) is 25.8 Å². The van der Waals surface area contributed by atoms with Crippen molar-refractivity contribution >= 4 is 11.0 Å². The molecule has 0 aromatic heterocycles. The topological polar surface area (TPSA) is 0 Å². The van der Waals surface area contributed by atoms with Crippen molar-refractivity contribution in [1.29, 1.82) is 0 Å². The fraction of sp³-hybridized carbons (Fsp3) is 0.400. The Kier molecular flexibility index (Phi) is 9.71. The molecule has 0 aliphatic heterocycles. The Morgan fingerprint density at radius 3 is 2.06 bits per heavy atom. The van der Waals surface area contributed by atoms with Gasteiger partial charge in [0.25, 0.3) is 0 Å². The van der Waals surface area contributed by atoms with Crippen LogP contribution in [0.4, 0.5) is 0 Å². The molecule has 0 fully saturated rings. The number of hydrogen-bond acceptors (Lipinski definition) is 0. The summed E-state index contributed by atoms with van der Waals surface area (Å²) in [6.07, 6.45) is 2.70. The predicted octanol–water partition coefficient (Wildman–Crippen LogP) is 2.61. The van der Waals surface area contributed by atoms with Crippen LogP contribution in [0.5, 0.6) is 0 Å². The molecule has 0 bridgehead atoms. The van der Waals surface area contributed by atoms with Crippen LogP contribution in [0.1, 0.15) is 74.3 Å². The Balaban J connectivity index is 0.00000204. The van der Waals surface area contributed by atoms with Gasteiger partial charge >= 0.3 is 205 Å². The van der Waals surface area contributed by atoms with Gasteiger partial charge in [0.05, 0.1) is 0 Å². The van der Waals surface area contributed by atoms with Gasteiger partial charge in [0.15, 0.2) is 0 Å². The summed E-state index contributed by atoms with van der Waals surface area (Å²) in [5.41, 5.74) is 12.0. The Hall–Kier alpha value is -0.660. The first kappa shape index (κ1) is 29.6. The maximum Gasteiger partial charge on any atom is -1.00 e. The summed E-state index contributed by atoms with van der Waals surface area (Å²) in [6.45, 7) is 21.8. The molecule has 0 spiro atoms. The summed E-state index contributed by atoms with van der Waals surface area (Å²) in [5.74, 6) is 0.651. The van der Waals surface area contributed by atoms with E-state index in [-0.39, 0.29) is 35.7 Å². The van der Waals surface area contributed by atoms with Crippen LogP contribution in [0.2, 0.25) is 13.1 Å². The number of halogens is 2. The molecule has 2 unspecified atom stereocenters. The van der Waals surface area contributed by atoms with Crippen LogP contribution in [0, 0.1) is 5.92 Å². The van der Waals surface area contributed by atoms with Gasteiger partial charge in [0.2, 0.25) is 0 Å². The predicted molar refractivity (Wildman–Crippen MR) is 139 cm³/mol. The average molecular weight is 589 g/mol. The van der Waals surface area contributed by atoms with Crippen molar-refractivity contribution in [3.05, 3.63) is 96.9 Å². The molecule has 0 saturated carbocycles. The first-order valence-electron chi connectivity index (χ1n) is 12.0. The monoisotopic (exact) mass is 586 g/mol. The van der Waals surface area contributed by atoms with Crippen molar-refractivity contribution in [3.63, 3.8) is 0 Å². The van der Waals surface area contributed by atoms with E-state index in [4.69, 9.17) is 0 Å². The standard InChI is InChI=1S/C19H19.C9H13.C2H6Si.2ClH.Zr/c1-19(2,3)16-9-6-8-15(13-16)18-12-11-14-7-4-5-10-17(14)18;1-6-5-7(2)9(4)8(6)3;1-3-2;;;/h4-13H,1-3H3;6H,1-4H3;1-2H3;2*1H;/q;;;;;+2/p-2. The van der Waals surface area contributed by atoms with Crippen molar-refractivity contribution in [3.8, 4) is 0 Å². The molecule has 4 heteroatoms. The largest absolute Gasteiger partial charge is 1.00 e. The van der Waals surface area contributed by atoms with E-state index in [1.165, 1.54) is 22.3 Å². The van der Waals surface area contributed by atoms with E-state index in [0.29, 0.717) is 9.54 Å². The molecular formula is C30H38Cl2SiZr. The third-order valence-electron chi connectivity index (χ3n) is 7.74. The number of allylic oxidation sites excluding steroid dienone is 5. The SMILES string of the molecule is CC1=C(C)C(C)[C]([Zr+2]([CH]2C=C(c3cccc(C(C)(C)C)c3)c3ccccc32)=[Si](C)C)=C1C.[Cl-].[Cl-]. The summed E-state index contributed by atoms with van der Waals surface area (Å²) < 4.78 is 2.57.